The molecule has 0 aromatic heterocycles. The van der Waals surface area contributed by atoms with Crippen molar-refractivity contribution in [3.05, 3.63) is 64.2 Å². The van der Waals surface area contributed by atoms with Crippen LogP contribution in [0.1, 0.15) is 18.4 Å². The van der Waals surface area contributed by atoms with Crippen molar-refractivity contribution in [2.75, 3.05) is 32.1 Å². The fraction of sp³-hybridized carbons (Fsp3) is 0.364. The van der Waals surface area contributed by atoms with Gasteiger partial charge in [0.1, 0.15) is 5.75 Å². The number of hydrogen-bond donors (Lipinski definition) is 2. The maximum absolute atomic E-state index is 12.5. The van der Waals surface area contributed by atoms with Crippen LogP contribution in [-0.4, -0.2) is 48.5 Å². The van der Waals surface area contributed by atoms with E-state index < -0.39 is 4.92 Å². The Morgan fingerprint density at radius 2 is 1.81 bits per heavy atom. The van der Waals surface area contributed by atoms with Crippen molar-refractivity contribution >= 4 is 23.3 Å². The molecule has 0 unspecified atom stereocenters. The van der Waals surface area contributed by atoms with Crippen LogP contribution in [0, 0.1) is 16.0 Å². The van der Waals surface area contributed by atoms with Gasteiger partial charge in [0.05, 0.1) is 24.1 Å². The first kappa shape index (κ1) is 22.1. The molecule has 1 aliphatic heterocycles. The van der Waals surface area contributed by atoms with Gasteiger partial charge in [-0.3, -0.25) is 14.9 Å². The van der Waals surface area contributed by atoms with Gasteiger partial charge in [-0.25, -0.2) is 4.79 Å². The number of hydrogen-bond acceptors (Lipinski definition) is 5. The first-order chi connectivity index (χ1) is 15.0. The van der Waals surface area contributed by atoms with Gasteiger partial charge in [0.15, 0.2) is 0 Å². The molecule has 0 aliphatic carbocycles. The smallest absolute Gasteiger partial charge is 0.321 e. The van der Waals surface area contributed by atoms with Crippen molar-refractivity contribution in [3.63, 3.8) is 0 Å². The second-order valence-electron chi connectivity index (χ2n) is 7.47. The minimum absolute atomic E-state index is 0.00524. The average molecular weight is 426 g/mol. The molecular weight excluding hydrogens is 400 g/mol. The zero-order valence-electron chi connectivity index (χ0n) is 17.4. The zero-order valence-corrected chi connectivity index (χ0v) is 17.4. The molecule has 2 N–H and O–H groups in total. The fourth-order valence-corrected chi connectivity index (χ4v) is 3.52. The monoisotopic (exact) mass is 426 g/mol. The van der Waals surface area contributed by atoms with Crippen molar-refractivity contribution < 1.29 is 19.2 Å². The van der Waals surface area contributed by atoms with E-state index in [2.05, 4.69) is 10.6 Å². The molecule has 1 saturated heterocycles. The Morgan fingerprint density at radius 1 is 1.13 bits per heavy atom. The number of anilines is 1. The number of para-hydroxylation sites is 2. The van der Waals surface area contributed by atoms with E-state index in [1.54, 1.807) is 36.3 Å². The van der Waals surface area contributed by atoms with E-state index in [1.165, 1.54) is 12.1 Å². The lowest BCUT2D eigenvalue weighted by molar-refractivity contribution is -0.384. The van der Waals surface area contributed by atoms with Crippen LogP contribution in [0.3, 0.4) is 0 Å². The van der Waals surface area contributed by atoms with Crippen LogP contribution in [0.25, 0.3) is 0 Å². The number of rotatable bonds is 7. The summed E-state index contributed by atoms with van der Waals surface area (Å²) in [6, 6.07) is 13.1. The second-order valence-corrected chi connectivity index (χ2v) is 7.47. The van der Waals surface area contributed by atoms with Crippen LogP contribution in [0.4, 0.5) is 16.2 Å². The number of nitro benzene ring substituents is 1. The number of nitro groups is 1. The van der Waals surface area contributed by atoms with E-state index in [9.17, 15) is 19.7 Å². The highest BCUT2D eigenvalue weighted by Crippen LogP contribution is 2.24. The Kier molecular flexibility index (Phi) is 7.42. The molecule has 9 heteroatoms. The van der Waals surface area contributed by atoms with Gasteiger partial charge in [-0.1, -0.05) is 24.3 Å². The first-order valence-electron chi connectivity index (χ1n) is 10.1. The van der Waals surface area contributed by atoms with E-state index in [1.807, 2.05) is 12.1 Å². The Labute approximate surface area is 180 Å². The predicted molar refractivity (Wildman–Crippen MR) is 116 cm³/mol. The number of methoxy groups -OCH3 is 1. The number of benzene rings is 2. The maximum atomic E-state index is 12.5. The molecule has 9 nitrogen and oxygen atoms in total. The normalized spacial score (nSPS) is 14.0. The highest BCUT2D eigenvalue weighted by atomic mass is 16.6. The molecule has 1 fully saturated rings. The summed E-state index contributed by atoms with van der Waals surface area (Å²) in [5, 5.41) is 16.5. The van der Waals surface area contributed by atoms with Crippen molar-refractivity contribution in [1.82, 2.24) is 10.2 Å². The summed E-state index contributed by atoms with van der Waals surface area (Å²) in [6.45, 7) is 1.78. The van der Waals surface area contributed by atoms with Crippen molar-refractivity contribution in [3.8, 4) is 5.75 Å². The van der Waals surface area contributed by atoms with Gasteiger partial charge < -0.3 is 20.3 Å². The molecule has 0 atom stereocenters. The quantitative estimate of drug-likeness (QED) is 0.521. The average Bonchev–Trinajstić information content (AvgIpc) is 2.78. The molecule has 2 aromatic carbocycles. The summed E-state index contributed by atoms with van der Waals surface area (Å²) in [6.07, 6.45) is 1.78. The third-order valence-electron chi connectivity index (χ3n) is 5.35. The van der Waals surface area contributed by atoms with Crippen LogP contribution >= 0.6 is 0 Å². The number of piperidine rings is 1. The van der Waals surface area contributed by atoms with E-state index in [-0.39, 0.29) is 24.0 Å². The zero-order chi connectivity index (χ0) is 22.2. The highest BCUT2D eigenvalue weighted by molar-refractivity contribution is 5.91. The number of likely N-dealkylation sites (tertiary alicyclic amines) is 1. The largest absolute Gasteiger partial charge is 0.495 e. The lowest BCUT2D eigenvalue weighted by Crippen LogP contribution is -2.43. The molecule has 0 bridgehead atoms. The van der Waals surface area contributed by atoms with Crippen molar-refractivity contribution in [1.29, 1.82) is 0 Å². The number of urea groups is 1. The van der Waals surface area contributed by atoms with Gasteiger partial charge in [-0.15, -0.1) is 0 Å². The lowest BCUT2D eigenvalue weighted by atomic mass is 9.97. The number of nitrogens with one attached hydrogen (secondary N) is 2. The van der Waals surface area contributed by atoms with Gasteiger partial charge in [0.2, 0.25) is 5.91 Å². The van der Waals surface area contributed by atoms with Crippen LogP contribution < -0.4 is 15.4 Å². The molecule has 31 heavy (non-hydrogen) atoms. The van der Waals surface area contributed by atoms with Crippen molar-refractivity contribution in [2.45, 2.75) is 19.3 Å². The molecule has 2 aromatic rings. The molecular formula is C22H26N4O5. The molecule has 1 heterocycles. The SMILES string of the molecule is COc1ccccc1NC(=O)N1CCC(CNC(=O)Cc2ccc([N+](=O)[O-])cc2)CC1. The number of amides is 3. The summed E-state index contributed by atoms with van der Waals surface area (Å²) in [5.74, 6) is 0.794. The second kappa shape index (κ2) is 10.4. The summed E-state index contributed by atoms with van der Waals surface area (Å²) in [7, 11) is 1.56. The van der Waals surface area contributed by atoms with E-state index in [4.69, 9.17) is 4.74 Å². The van der Waals surface area contributed by atoms with E-state index >= 15 is 0 Å². The van der Waals surface area contributed by atoms with Crippen LogP contribution in [0.2, 0.25) is 0 Å². The topological polar surface area (TPSA) is 114 Å². The molecule has 3 amide bonds. The van der Waals surface area contributed by atoms with E-state index in [0.717, 1.165) is 18.4 Å². The third kappa shape index (κ3) is 6.18. The Balaban J connectivity index is 1.40. The van der Waals surface area contributed by atoms with Crippen LogP contribution in [-0.2, 0) is 11.2 Å². The van der Waals surface area contributed by atoms with Gasteiger partial charge >= 0.3 is 6.03 Å². The maximum Gasteiger partial charge on any atom is 0.321 e. The number of ether oxygens (including phenoxy) is 1. The van der Waals surface area contributed by atoms with Gasteiger partial charge in [-0.05, 0) is 36.5 Å². The molecule has 0 saturated carbocycles. The number of carbonyl (C=O) groups excluding carboxylic acids is 2. The number of non-ortho nitro benzene ring substituents is 1. The van der Waals surface area contributed by atoms with Crippen LogP contribution in [0.5, 0.6) is 5.75 Å². The molecule has 164 valence electrons. The van der Waals surface area contributed by atoms with E-state index in [0.29, 0.717) is 37.0 Å². The molecule has 1 aliphatic rings. The van der Waals surface area contributed by atoms with Crippen molar-refractivity contribution in [2.24, 2.45) is 5.92 Å². The minimum atomic E-state index is -0.465. The Morgan fingerprint density at radius 3 is 2.45 bits per heavy atom. The summed E-state index contributed by atoms with van der Waals surface area (Å²) in [4.78, 5) is 36.7. The summed E-state index contributed by atoms with van der Waals surface area (Å²) >= 11 is 0. The molecule has 0 spiro atoms. The fourth-order valence-electron chi connectivity index (χ4n) is 3.52. The predicted octanol–water partition coefficient (Wildman–Crippen LogP) is 3.21. The molecule has 3 rings (SSSR count). The number of nitrogens with zero attached hydrogens (tertiary/aromatic N) is 2. The van der Waals surface area contributed by atoms with Gasteiger partial charge in [0, 0.05) is 31.8 Å². The highest BCUT2D eigenvalue weighted by Gasteiger charge is 2.23. The summed E-state index contributed by atoms with van der Waals surface area (Å²) < 4.78 is 5.26. The van der Waals surface area contributed by atoms with Gasteiger partial charge in [0.25, 0.3) is 5.69 Å². The Hall–Kier alpha value is -3.62. The first-order valence-corrected chi connectivity index (χ1v) is 10.1. The standard InChI is InChI=1S/C22H26N4O5/c1-31-20-5-3-2-4-19(20)24-22(28)25-12-10-17(11-13-25)15-23-21(27)14-16-6-8-18(9-7-16)26(29)30/h2-9,17H,10-15H2,1H3,(H,23,27)(H,24,28). The minimum Gasteiger partial charge on any atom is -0.495 e. The van der Waals surface area contributed by atoms with Crippen LogP contribution in [0.15, 0.2) is 48.5 Å². The Bertz CT molecular complexity index is 924. The number of carbonyl (C=O) groups is 2. The lowest BCUT2D eigenvalue weighted by Gasteiger charge is -2.32. The summed E-state index contributed by atoms with van der Waals surface area (Å²) in [5.41, 5.74) is 1.37. The van der Waals surface area contributed by atoms with Gasteiger partial charge in [-0.2, -0.15) is 0 Å². The molecule has 0 radical (unpaired) electrons. The third-order valence-corrected chi connectivity index (χ3v) is 5.35.